The molecule has 7 heteroatoms. The molecule has 1 saturated heterocycles. The first-order valence-corrected chi connectivity index (χ1v) is 9.70. The average molecular weight is 405 g/mol. The highest BCUT2D eigenvalue weighted by molar-refractivity contribution is 6.11. The van der Waals surface area contributed by atoms with Crippen LogP contribution in [0.5, 0.6) is 0 Å². The Kier molecular flexibility index (Phi) is 4.61. The summed E-state index contributed by atoms with van der Waals surface area (Å²) >= 11 is 0. The summed E-state index contributed by atoms with van der Waals surface area (Å²) in [6.45, 7) is 7.04. The van der Waals surface area contributed by atoms with Gasteiger partial charge in [0.15, 0.2) is 11.3 Å². The number of hydrogen-bond donors (Lipinski definition) is 1. The van der Waals surface area contributed by atoms with Crippen LogP contribution in [-0.2, 0) is 10.3 Å². The minimum absolute atomic E-state index is 0.296. The lowest BCUT2D eigenvalue weighted by Gasteiger charge is -2.18. The summed E-state index contributed by atoms with van der Waals surface area (Å²) in [6, 6.07) is 12.4. The summed E-state index contributed by atoms with van der Waals surface area (Å²) in [7, 11) is 0. The lowest BCUT2D eigenvalue weighted by Crippen LogP contribution is -2.41. The van der Waals surface area contributed by atoms with Crippen molar-refractivity contribution in [3.63, 3.8) is 0 Å². The number of para-hydroxylation sites is 1. The van der Waals surface area contributed by atoms with E-state index in [0.29, 0.717) is 11.3 Å². The van der Waals surface area contributed by atoms with Crippen molar-refractivity contribution in [2.75, 3.05) is 6.54 Å². The molecule has 154 valence electrons. The first-order chi connectivity index (χ1) is 14.2. The first kappa shape index (κ1) is 19.7. The Morgan fingerprint density at radius 3 is 2.50 bits per heavy atom. The van der Waals surface area contributed by atoms with Crippen molar-refractivity contribution < 1.29 is 18.8 Å². The van der Waals surface area contributed by atoms with E-state index >= 15 is 0 Å². The monoisotopic (exact) mass is 405 g/mol. The molecule has 4 rings (SSSR count). The smallest absolute Gasteiger partial charge is 0.325 e. The largest absolute Gasteiger partial charge is 0.466 e. The number of nitrogens with zero attached hydrogens (tertiary/aromatic N) is 2. The van der Waals surface area contributed by atoms with Gasteiger partial charge in [0.25, 0.3) is 5.91 Å². The van der Waals surface area contributed by atoms with E-state index in [1.165, 1.54) is 6.26 Å². The quantitative estimate of drug-likeness (QED) is 0.519. The number of ketones is 1. The molecule has 30 heavy (non-hydrogen) atoms. The van der Waals surface area contributed by atoms with E-state index in [1.807, 2.05) is 49.6 Å². The van der Waals surface area contributed by atoms with Crippen LogP contribution in [-0.4, -0.2) is 33.7 Å². The number of rotatable bonds is 5. The molecule has 1 atom stereocenters. The highest BCUT2D eigenvalue weighted by Gasteiger charge is 2.51. The predicted molar refractivity (Wildman–Crippen MR) is 111 cm³/mol. The SMILES string of the molecule is Cc1ccccc1-n1c(C)cc(C(=O)CN2C(=O)NC(C)(c3ccco3)C2=O)c1C. The van der Waals surface area contributed by atoms with Crippen molar-refractivity contribution in [1.82, 2.24) is 14.8 Å². The molecule has 1 fully saturated rings. The van der Waals surface area contributed by atoms with Crippen LogP contribution in [0.4, 0.5) is 4.79 Å². The predicted octanol–water partition coefficient (Wildman–Crippen LogP) is 3.65. The van der Waals surface area contributed by atoms with Gasteiger partial charge in [-0.05, 0) is 57.5 Å². The second-order valence-electron chi connectivity index (χ2n) is 7.75. The van der Waals surface area contributed by atoms with E-state index in [9.17, 15) is 14.4 Å². The average Bonchev–Trinajstić information content (AvgIpc) is 3.39. The molecule has 7 nitrogen and oxygen atoms in total. The molecule has 0 aliphatic carbocycles. The van der Waals surface area contributed by atoms with Gasteiger partial charge in [-0.1, -0.05) is 18.2 Å². The number of urea groups is 1. The van der Waals surface area contributed by atoms with E-state index < -0.39 is 17.5 Å². The van der Waals surface area contributed by atoms with Crippen LogP contribution < -0.4 is 5.32 Å². The van der Waals surface area contributed by atoms with Crippen LogP contribution in [0, 0.1) is 20.8 Å². The zero-order valence-corrected chi connectivity index (χ0v) is 17.4. The number of benzene rings is 1. The molecule has 2 aromatic heterocycles. The van der Waals surface area contributed by atoms with Gasteiger partial charge in [-0.2, -0.15) is 0 Å². The summed E-state index contributed by atoms with van der Waals surface area (Å²) < 4.78 is 7.34. The van der Waals surface area contributed by atoms with Gasteiger partial charge in [-0.15, -0.1) is 0 Å². The van der Waals surface area contributed by atoms with Crippen molar-refractivity contribution in [3.05, 3.63) is 77.0 Å². The van der Waals surface area contributed by atoms with Crippen LogP contribution in [0.1, 0.15) is 40.0 Å². The third kappa shape index (κ3) is 2.94. The fourth-order valence-corrected chi connectivity index (χ4v) is 4.03. The van der Waals surface area contributed by atoms with Crippen LogP contribution in [0.2, 0.25) is 0 Å². The third-order valence-corrected chi connectivity index (χ3v) is 5.68. The summed E-state index contributed by atoms with van der Waals surface area (Å²) in [5.41, 5.74) is 2.92. The highest BCUT2D eigenvalue weighted by atomic mass is 16.3. The fraction of sp³-hybridized carbons (Fsp3) is 0.261. The number of imide groups is 1. The Balaban J connectivity index is 1.63. The molecule has 1 unspecified atom stereocenters. The van der Waals surface area contributed by atoms with Crippen LogP contribution in [0.3, 0.4) is 0 Å². The number of amides is 3. The molecule has 0 saturated carbocycles. The molecule has 0 spiro atoms. The maximum absolute atomic E-state index is 13.1. The highest BCUT2D eigenvalue weighted by Crippen LogP contribution is 2.30. The molecule has 3 aromatic rings. The number of furan rings is 1. The van der Waals surface area contributed by atoms with Gasteiger partial charge in [0.05, 0.1) is 12.8 Å². The summed E-state index contributed by atoms with van der Waals surface area (Å²) in [5.74, 6) is -0.479. The Morgan fingerprint density at radius 1 is 1.10 bits per heavy atom. The van der Waals surface area contributed by atoms with Gasteiger partial charge >= 0.3 is 6.03 Å². The molecule has 1 N–H and O–H groups in total. The number of aromatic nitrogens is 1. The summed E-state index contributed by atoms with van der Waals surface area (Å²) in [4.78, 5) is 39.5. The van der Waals surface area contributed by atoms with Crippen molar-refractivity contribution in [3.8, 4) is 5.69 Å². The molecule has 1 aromatic carbocycles. The standard InChI is InChI=1S/C23H23N3O4/c1-14-8-5-6-9-18(14)26-15(2)12-17(16(26)3)19(27)13-25-21(28)23(4,24-22(25)29)20-10-7-11-30-20/h5-12H,13H2,1-4H3,(H,24,29). The Bertz CT molecular complexity index is 1160. The molecule has 1 aliphatic rings. The van der Waals surface area contributed by atoms with Crippen LogP contribution >= 0.6 is 0 Å². The summed E-state index contributed by atoms with van der Waals surface area (Å²) in [5, 5.41) is 2.64. The van der Waals surface area contributed by atoms with Crippen molar-refractivity contribution in [2.45, 2.75) is 33.2 Å². The molecule has 0 radical (unpaired) electrons. The lowest BCUT2D eigenvalue weighted by molar-refractivity contribution is -0.131. The Labute approximate surface area is 174 Å². The van der Waals surface area contributed by atoms with E-state index in [0.717, 1.165) is 27.5 Å². The zero-order valence-electron chi connectivity index (χ0n) is 17.4. The first-order valence-electron chi connectivity index (χ1n) is 9.70. The van der Waals surface area contributed by atoms with E-state index in [2.05, 4.69) is 5.32 Å². The molecular formula is C23H23N3O4. The molecule has 1 aliphatic heterocycles. The second kappa shape index (κ2) is 7.02. The van der Waals surface area contributed by atoms with Gasteiger partial charge in [0.2, 0.25) is 0 Å². The number of Topliss-reactive ketones (excluding diaryl/α,β-unsaturated/α-hetero) is 1. The van der Waals surface area contributed by atoms with Gasteiger partial charge in [0.1, 0.15) is 5.76 Å². The maximum atomic E-state index is 13.1. The fourth-order valence-electron chi connectivity index (χ4n) is 4.03. The third-order valence-electron chi connectivity index (χ3n) is 5.68. The number of aryl methyl sites for hydroxylation is 2. The van der Waals surface area contributed by atoms with E-state index in [-0.39, 0.29) is 12.3 Å². The second-order valence-corrected chi connectivity index (χ2v) is 7.75. The normalized spacial score (nSPS) is 18.7. The molecule has 3 amide bonds. The minimum Gasteiger partial charge on any atom is -0.466 e. The van der Waals surface area contributed by atoms with Gasteiger partial charge in [0, 0.05) is 22.6 Å². The van der Waals surface area contributed by atoms with Gasteiger partial charge in [-0.3, -0.25) is 14.5 Å². The van der Waals surface area contributed by atoms with Crippen molar-refractivity contribution >= 4 is 17.7 Å². The minimum atomic E-state index is -1.32. The van der Waals surface area contributed by atoms with E-state index in [1.54, 1.807) is 25.1 Å². The number of nitrogens with one attached hydrogen (secondary N) is 1. The van der Waals surface area contributed by atoms with Gasteiger partial charge < -0.3 is 14.3 Å². The maximum Gasteiger partial charge on any atom is 0.325 e. The Morgan fingerprint density at radius 2 is 1.83 bits per heavy atom. The Hall–Kier alpha value is -3.61. The van der Waals surface area contributed by atoms with E-state index in [4.69, 9.17) is 4.42 Å². The number of hydrogen-bond acceptors (Lipinski definition) is 4. The molecular weight excluding hydrogens is 382 g/mol. The van der Waals surface area contributed by atoms with Crippen LogP contribution in [0.15, 0.2) is 53.1 Å². The summed E-state index contributed by atoms with van der Waals surface area (Å²) in [6.07, 6.45) is 1.44. The van der Waals surface area contributed by atoms with Crippen molar-refractivity contribution in [2.24, 2.45) is 0 Å². The van der Waals surface area contributed by atoms with Crippen LogP contribution in [0.25, 0.3) is 5.69 Å². The van der Waals surface area contributed by atoms with Gasteiger partial charge in [-0.25, -0.2) is 4.79 Å². The molecule has 0 bridgehead atoms. The number of carbonyl (C=O) groups is 3. The number of carbonyl (C=O) groups excluding carboxylic acids is 3. The van der Waals surface area contributed by atoms with Crippen molar-refractivity contribution in [1.29, 1.82) is 0 Å². The zero-order chi connectivity index (χ0) is 21.6. The molecule has 3 heterocycles. The lowest BCUT2D eigenvalue weighted by atomic mass is 9.99. The topological polar surface area (TPSA) is 84.6 Å².